The van der Waals surface area contributed by atoms with Crippen LogP contribution < -0.4 is 0 Å². The first-order valence-electron chi connectivity index (χ1n) is 6.78. The Morgan fingerprint density at radius 2 is 1.89 bits per heavy atom. The van der Waals surface area contributed by atoms with Crippen molar-refractivity contribution >= 4 is 5.78 Å². The van der Waals surface area contributed by atoms with Gasteiger partial charge >= 0.3 is 0 Å². The number of hydrogen-bond acceptors (Lipinski definition) is 3. The number of ketones is 1. The van der Waals surface area contributed by atoms with E-state index in [1.54, 1.807) is 17.9 Å². The van der Waals surface area contributed by atoms with Gasteiger partial charge in [-0.25, -0.2) is 4.68 Å². The van der Waals surface area contributed by atoms with Crippen LogP contribution >= 0.6 is 0 Å². The maximum absolute atomic E-state index is 12.3. The van der Waals surface area contributed by atoms with Gasteiger partial charge in [0.05, 0.1) is 6.20 Å². The lowest BCUT2D eigenvalue weighted by molar-refractivity contribution is 0.0810. The maximum atomic E-state index is 12.3. The van der Waals surface area contributed by atoms with E-state index in [-0.39, 0.29) is 11.7 Å². The number of carbonyl (C=O) groups excluding carboxylic acids is 1. The van der Waals surface area contributed by atoms with Gasteiger partial charge in [-0.05, 0) is 37.0 Å². The second-order valence-corrected chi connectivity index (χ2v) is 6.52. The maximum Gasteiger partial charge on any atom is 0.185 e. The Labute approximate surface area is 109 Å². The Balaban J connectivity index is 1.99. The van der Waals surface area contributed by atoms with Crippen LogP contribution in [0.5, 0.6) is 0 Å². The van der Waals surface area contributed by atoms with E-state index in [0.29, 0.717) is 11.1 Å². The molecule has 0 N–H and O–H groups in total. The Morgan fingerprint density at radius 1 is 1.28 bits per heavy atom. The number of Topliss-reactive ketones (excluding diaryl/α,β-unsaturated/α-hetero) is 1. The first-order chi connectivity index (χ1) is 8.39. The van der Waals surface area contributed by atoms with Gasteiger partial charge in [-0.1, -0.05) is 26.0 Å². The first-order valence-corrected chi connectivity index (χ1v) is 6.78. The molecule has 4 heteroatoms. The molecule has 0 amide bonds. The quantitative estimate of drug-likeness (QED) is 0.757. The van der Waals surface area contributed by atoms with Gasteiger partial charge in [0, 0.05) is 13.0 Å². The molecule has 0 spiro atoms. The van der Waals surface area contributed by atoms with Crippen LogP contribution in [0.25, 0.3) is 0 Å². The van der Waals surface area contributed by atoms with Crippen LogP contribution in [0, 0.1) is 17.3 Å². The number of aryl methyl sites for hydroxylation is 1. The normalized spacial score (nSPS) is 25.1. The fourth-order valence-corrected chi connectivity index (χ4v) is 2.94. The standard InChI is InChI=1S/C14H23N3O/c1-14(2,3)11-7-5-10(6-8-11)13(18)12-9-15-16-17(12)4/h9-11H,5-8H2,1-4H3. The number of nitrogens with zero attached hydrogens (tertiary/aromatic N) is 3. The van der Waals surface area contributed by atoms with Crippen molar-refractivity contribution in [2.75, 3.05) is 0 Å². The summed E-state index contributed by atoms with van der Waals surface area (Å²) >= 11 is 0. The zero-order chi connectivity index (χ0) is 13.3. The fourth-order valence-electron chi connectivity index (χ4n) is 2.94. The molecule has 1 fully saturated rings. The van der Waals surface area contributed by atoms with Gasteiger partial charge in [-0.2, -0.15) is 0 Å². The lowest BCUT2D eigenvalue weighted by atomic mass is 9.69. The summed E-state index contributed by atoms with van der Waals surface area (Å²) in [6.07, 6.45) is 5.91. The molecule has 4 nitrogen and oxygen atoms in total. The summed E-state index contributed by atoms with van der Waals surface area (Å²) in [5.41, 5.74) is 1.01. The van der Waals surface area contributed by atoms with E-state index < -0.39 is 0 Å². The topological polar surface area (TPSA) is 47.8 Å². The van der Waals surface area contributed by atoms with Crippen LogP contribution in [-0.2, 0) is 7.05 Å². The molecule has 18 heavy (non-hydrogen) atoms. The summed E-state index contributed by atoms with van der Waals surface area (Å²) in [5, 5.41) is 7.62. The summed E-state index contributed by atoms with van der Waals surface area (Å²) in [6, 6.07) is 0. The SMILES string of the molecule is Cn1nncc1C(=O)C1CCC(C(C)(C)C)CC1. The summed E-state index contributed by atoms with van der Waals surface area (Å²) in [7, 11) is 1.78. The third kappa shape index (κ3) is 2.62. The van der Waals surface area contributed by atoms with Crippen LogP contribution in [0.1, 0.15) is 56.9 Å². The van der Waals surface area contributed by atoms with E-state index in [0.717, 1.165) is 31.6 Å². The smallest absolute Gasteiger partial charge is 0.185 e. The van der Waals surface area contributed by atoms with Crippen molar-refractivity contribution in [3.05, 3.63) is 11.9 Å². The van der Waals surface area contributed by atoms with Crippen molar-refractivity contribution in [3.63, 3.8) is 0 Å². The number of carbonyl (C=O) groups is 1. The van der Waals surface area contributed by atoms with E-state index in [2.05, 4.69) is 31.1 Å². The van der Waals surface area contributed by atoms with Gasteiger partial charge in [0.1, 0.15) is 5.69 Å². The molecule has 1 heterocycles. The molecule has 0 saturated heterocycles. The number of hydrogen-bond donors (Lipinski definition) is 0. The molecule has 0 atom stereocenters. The molecule has 0 aliphatic heterocycles. The molecule has 1 aromatic heterocycles. The lowest BCUT2D eigenvalue weighted by Crippen LogP contribution is -2.29. The minimum Gasteiger partial charge on any atom is -0.292 e. The largest absolute Gasteiger partial charge is 0.292 e. The van der Waals surface area contributed by atoms with E-state index in [4.69, 9.17) is 0 Å². The molecule has 0 radical (unpaired) electrons. The molecule has 2 rings (SSSR count). The van der Waals surface area contributed by atoms with Crippen LogP contribution in [0.15, 0.2) is 6.20 Å². The fraction of sp³-hybridized carbons (Fsp3) is 0.786. The number of aromatic nitrogens is 3. The van der Waals surface area contributed by atoms with Crippen molar-refractivity contribution in [2.24, 2.45) is 24.3 Å². The second kappa shape index (κ2) is 4.82. The Bertz CT molecular complexity index is 422. The first kappa shape index (κ1) is 13.2. The highest BCUT2D eigenvalue weighted by atomic mass is 16.1. The van der Waals surface area contributed by atoms with Crippen molar-refractivity contribution in [1.82, 2.24) is 15.0 Å². The van der Waals surface area contributed by atoms with Gasteiger partial charge in [-0.15, -0.1) is 5.10 Å². The molecule has 1 aromatic rings. The van der Waals surface area contributed by atoms with Crippen molar-refractivity contribution in [1.29, 1.82) is 0 Å². The molecule has 100 valence electrons. The molecule has 1 aliphatic carbocycles. The molecular weight excluding hydrogens is 226 g/mol. The summed E-state index contributed by atoms with van der Waals surface area (Å²) in [5.74, 6) is 1.13. The van der Waals surface area contributed by atoms with Crippen LogP contribution in [0.4, 0.5) is 0 Å². The predicted octanol–water partition coefficient (Wildman–Crippen LogP) is 2.85. The van der Waals surface area contributed by atoms with Gasteiger partial charge < -0.3 is 0 Å². The van der Waals surface area contributed by atoms with Crippen LogP contribution in [0.3, 0.4) is 0 Å². The molecule has 0 bridgehead atoms. The summed E-state index contributed by atoms with van der Waals surface area (Å²) in [6.45, 7) is 6.89. The molecule has 1 saturated carbocycles. The highest BCUT2D eigenvalue weighted by Crippen LogP contribution is 2.40. The Hall–Kier alpha value is -1.19. The zero-order valence-electron chi connectivity index (χ0n) is 11.8. The average molecular weight is 249 g/mol. The molecular formula is C14H23N3O. The van der Waals surface area contributed by atoms with Crippen molar-refractivity contribution in [3.8, 4) is 0 Å². The highest BCUT2D eigenvalue weighted by molar-refractivity contribution is 5.96. The monoisotopic (exact) mass is 249 g/mol. The van der Waals surface area contributed by atoms with E-state index in [1.807, 2.05) is 0 Å². The van der Waals surface area contributed by atoms with Gasteiger partial charge in [-0.3, -0.25) is 4.79 Å². The zero-order valence-corrected chi connectivity index (χ0v) is 11.8. The third-order valence-electron chi connectivity index (χ3n) is 4.29. The van der Waals surface area contributed by atoms with Crippen molar-refractivity contribution in [2.45, 2.75) is 46.5 Å². The minimum atomic E-state index is 0.167. The van der Waals surface area contributed by atoms with Crippen molar-refractivity contribution < 1.29 is 4.79 Å². The lowest BCUT2D eigenvalue weighted by Gasteiger charge is -2.36. The van der Waals surface area contributed by atoms with Gasteiger partial charge in [0.2, 0.25) is 0 Å². The predicted molar refractivity (Wildman–Crippen MR) is 70.2 cm³/mol. The van der Waals surface area contributed by atoms with E-state index >= 15 is 0 Å². The molecule has 1 aliphatic rings. The Morgan fingerprint density at radius 3 is 2.33 bits per heavy atom. The van der Waals surface area contributed by atoms with Gasteiger partial charge in [0.15, 0.2) is 5.78 Å². The average Bonchev–Trinajstić information content (AvgIpc) is 2.73. The summed E-state index contributed by atoms with van der Waals surface area (Å²) < 4.78 is 1.58. The Kier molecular flexibility index (Phi) is 3.55. The highest BCUT2D eigenvalue weighted by Gasteiger charge is 2.33. The van der Waals surface area contributed by atoms with E-state index in [1.165, 1.54) is 0 Å². The van der Waals surface area contributed by atoms with E-state index in [9.17, 15) is 4.79 Å². The number of rotatable bonds is 2. The van der Waals surface area contributed by atoms with Crippen LogP contribution in [-0.4, -0.2) is 20.8 Å². The minimum absolute atomic E-state index is 0.167. The van der Waals surface area contributed by atoms with Crippen LogP contribution in [0.2, 0.25) is 0 Å². The molecule has 0 unspecified atom stereocenters. The van der Waals surface area contributed by atoms with Gasteiger partial charge in [0.25, 0.3) is 0 Å². The summed E-state index contributed by atoms with van der Waals surface area (Å²) in [4.78, 5) is 12.3. The second-order valence-electron chi connectivity index (χ2n) is 6.52. The molecule has 0 aromatic carbocycles. The third-order valence-corrected chi connectivity index (χ3v) is 4.29.